The van der Waals surface area contributed by atoms with Crippen LogP contribution in [0, 0.1) is 18.3 Å². The van der Waals surface area contributed by atoms with Crippen molar-refractivity contribution in [2.45, 2.75) is 59.1 Å². The van der Waals surface area contributed by atoms with Crippen molar-refractivity contribution in [3.05, 3.63) is 44.8 Å². The fraction of sp³-hybridized carbons (Fsp3) is 0.500. The Labute approximate surface area is 196 Å². The van der Waals surface area contributed by atoms with E-state index in [2.05, 4.69) is 26.1 Å². The van der Waals surface area contributed by atoms with Gasteiger partial charge in [-0.25, -0.2) is 9.59 Å². The fourth-order valence-electron chi connectivity index (χ4n) is 5.45. The summed E-state index contributed by atoms with van der Waals surface area (Å²) in [6.07, 6.45) is 2.02. The van der Waals surface area contributed by atoms with Gasteiger partial charge in [-0.3, -0.25) is 14.5 Å². The van der Waals surface area contributed by atoms with Crippen LogP contribution in [0.1, 0.15) is 51.2 Å². The summed E-state index contributed by atoms with van der Waals surface area (Å²) in [5.74, 6) is -0.881. The van der Waals surface area contributed by atoms with E-state index in [0.717, 1.165) is 16.9 Å². The van der Waals surface area contributed by atoms with Crippen LogP contribution in [0.4, 0.5) is 4.79 Å². The molecule has 1 aromatic heterocycles. The van der Waals surface area contributed by atoms with Crippen molar-refractivity contribution in [2.75, 3.05) is 6.54 Å². The summed E-state index contributed by atoms with van der Waals surface area (Å²) in [5, 5.41) is 3.87. The summed E-state index contributed by atoms with van der Waals surface area (Å²) in [4.78, 5) is 51.2. The van der Waals surface area contributed by atoms with E-state index >= 15 is 0 Å². The highest BCUT2D eigenvalue weighted by molar-refractivity contribution is 6.32. The highest BCUT2D eigenvalue weighted by Crippen LogP contribution is 2.46. The lowest BCUT2D eigenvalue weighted by Crippen LogP contribution is -2.54. The van der Waals surface area contributed by atoms with Gasteiger partial charge in [-0.1, -0.05) is 32.4 Å². The monoisotopic (exact) mass is 474 g/mol. The van der Waals surface area contributed by atoms with E-state index in [1.54, 1.807) is 19.1 Å². The summed E-state index contributed by atoms with van der Waals surface area (Å²) in [7, 11) is 0. The third kappa shape index (κ3) is 4.49. The number of halogens is 1. The summed E-state index contributed by atoms with van der Waals surface area (Å²) >= 11 is 6.19. The van der Waals surface area contributed by atoms with E-state index in [1.807, 2.05) is 0 Å². The molecule has 0 bridgehead atoms. The van der Waals surface area contributed by atoms with E-state index in [1.165, 1.54) is 6.07 Å². The molecule has 2 heterocycles. The van der Waals surface area contributed by atoms with Gasteiger partial charge >= 0.3 is 17.6 Å². The van der Waals surface area contributed by atoms with Gasteiger partial charge in [0, 0.05) is 22.0 Å². The standard InChI is InChI=1S/C24H27ClN2O6/c1-13-8-23(3,4)12-24(9-13)21(30)27(22(31)26-24)10-20(29)32-11-15-6-19(28)33-18-5-14(2)17(25)7-16(15)18/h5-7,13H,8-12H2,1-4H3,(H,26,31). The van der Waals surface area contributed by atoms with Gasteiger partial charge in [-0.2, -0.15) is 0 Å². The number of carbonyl (C=O) groups is 3. The Morgan fingerprint density at radius 3 is 2.67 bits per heavy atom. The second-order valence-corrected chi connectivity index (χ2v) is 10.5. The summed E-state index contributed by atoms with van der Waals surface area (Å²) in [6.45, 7) is 7.28. The predicted molar refractivity (Wildman–Crippen MR) is 122 cm³/mol. The number of amides is 3. The molecule has 1 aliphatic carbocycles. The molecule has 33 heavy (non-hydrogen) atoms. The average molecular weight is 475 g/mol. The normalized spacial score (nSPS) is 24.4. The molecule has 9 heteroatoms. The molecule has 2 aliphatic rings. The lowest BCUT2D eigenvalue weighted by atomic mass is 9.64. The molecule has 1 saturated heterocycles. The van der Waals surface area contributed by atoms with Crippen LogP contribution < -0.4 is 10.9 Å². The van der Waals surface area contributed by atoms with Crippen LogP contribution in [0.25, 0.3) is 11.0 Å². The Morgan fingerprint density at radius 2 is 1.97 bits per heavy atom. The number of nitrogens with one attached hydrogen (secondary N) is 1. The first-order chi connectivity index (χ1) is 15.4. The fourth-order valence-corrected chi connectivity index (χ4v) is 5.61. The molecule has 176 valence electrons. The first kappa shape index (κ1) is 23.3. The van der Waals surface area contributed by atoms with Gasteiger partial charge in [0.1, 0.15) is 24.3 Å². The van der Waals surface area contributed by atoms with Crippen LogP contribution in [-0.2, 0) is 20.9 Å². The minimum absolute atomic E-state index is 0.105. The van der Waals surface area contributed by atoms with Crippen LogP contribution in [0.3, 0.4) is 0 Å². The molecule has 2 unspecified atom stereocenters. The Bertz CT molecular complexity index is 1220. The number of hydrogen-bond acceptors (Lipinski definition) is 6. The summed E-state index contributed by atoms with van der Waals surface area (Å²) in [6, 6.07) is 3.93. The molecule has 1 saturated carbocycles. The van der Waals surface area contributed by atoms with Crippen molar-refractivity contribution in [1.29, 1.82) is 0 Å². The van der Waals surface area contributed by atoms with Crippen LogP contribution in [0.5, 0.6) is 0 Å². The molecule has 4 rings (SSSR count). The minimum Gasteiger partial charge on any atom is -0.459 e. The number of carbonyl (C=O) groups excluding carboxylic acids is 3. The van der Waals surface area contributed by atoms with E-state index in [9.17, 15) is 19.2 Å². The molecule has 1 aliphatic heterocycles. The van der Waals surface area contributed by atoms with E-state index in [-0.39, 0.29) is 17.9 Å². The highest BCUT2D eigenvalue weighted by Gasteiger charge is 2.56. The van der Waals surface area contributed by atoms with Crippen LogP contribution >= 0.6 is 11.6 Å². The van der Waals surface area contributed by atoms with Crippen LogP contribution in [0.2, 0.25) is 5.02 Å². The topological polar surface area (TPSA) is 106 Å². The Morgan fingerprint density at radius 1 is 1.24 bits per heavy atom. The quantitative estimate of drug-likeness (QED) is 0.409. The third-order valence-corrected chi connectivity index (χ3v) is 6.82. The lowest BCUT2D eigenvalue weighted by Gasteiger charge is -2.43. The van der Waals surface area contributed by atoms with Crippen molar-refractivity contribution in [1.82, 2.24) is 10.2 Å². The van der Waals surface area contributed by atoms with Gasteiger partial charge in [0.15, 0.2) is 0 Å². The average Bonchev–Trinajstić information content (AvgIpc) is 2.89. The number of esters is 1. The van der Waals surface area contributed by atoms with Gasteiger partial charge in [-0.05, 0) is 55.2 Å². The molecular weight excluding hydrogens is 448 g/mol. The number of rotatable bonds is 4. The zero-order valence-corrected chi connectivity index (χ0v) is 19.9. The molecule has 3 amide bonds. The van der Waals surface area contributed by atoms with Crippen molar-refractivity contribution >= 4 is 40.5 Å². The Balaban J connectivity index is 1.48. The molecule has 1 spiro atoms. The smallest absolute Gasteiger partial charge is 0.336 e. The van der Waals surface area contributed by atoms with E-state index in [0.29, 0.717) is 34.4 Å². The Hall–Kier alpha value is -2.87. The molecule has 2 fully saturated rings. The molecule has 1 aromatic carbocycles. The molecule has 1 N–H and O–H groups in total. The number of urea groups is 1. The van der Waals surface area contributed by atoms with Crippen molar-refractivity contribution < 1.29 is 23.5 Å². The van der Waals surface area contributed by atoms with Gasteiger partial charge in [0.05, 0.1) is 0 Å². The van der Waals surface area contributed by atoms with Gasteiger partial charge in [0.2, 0.25) is 0 Å². The SMILES string of the molecule is Cc1cc2oc(=O)cc(COC(=O)CN3C(=O)NC4(CC(C)CC(C)(C)C4)C3=O)c2cc1Cl. The van der Waals surface area contributed by atoms with Gasteiger partial charge in [-0.15, -0.1) is 0 Å². The number of ether oxygens (including phenoxy) is 1. The number of imide groups is 1. The number of aryl methyl sites for hydroxylation is 1. The summed E-state index contributed by atoms with van der Waals surface area (Å²) in [5.41, 5.74) is -0.170. The first-order valence-electron chi connectivity index (χ1n) is 10.9. The number of nitrogens with zero attached hydrogens (tertiary/aromatic N) is 1. The second-order valence-electron chi connectivity index (χ2n) is 10.1. The van der Waals surface area contributed by atoms with Crippen molar-refractivity contribution in [3.8, 4) is 0 Å². The van der Waals surface area contributed by atoms with E-state index < -0.39 is 35.6 Å². The summed E-state index contributed by atoms with van der Waals surface area (Å²) < 4.78 is 10.5. The van der Waals surface area contributed by atoms with Gasteiger partial charge in [0.25, 0.3) is 5.91 Å². The second kappa shape index (κ2) is 8.17. The lowest BCUT2D eigenvalue weighted by molar-refractivity contribution is -0.149. The highest BCUT2D eigenvalue weighted by atomic mass is 35.5. The zero-order valence-electron chi connectivity index (χ0n) is 19.1. The molecule has 2 aromatic rings. The maximum Gasteiger partial charge on any atom is 0.336 e. The first-order valence-corrected chi connectivity index (χ1v) is 11.3. The zero-order chi connectivity index (χ0) is 24.1. The third-order valence-electron chi connectivity index (χ3n) is 6.41. The van der Waals surface area contributed by atoms with Crippen LogP contribution in [-0.4, -0.2) is 34.9 Å². The molecule has 2 atom stereocenters. The molecule has 8 nitrogen and oxygen atoms in total. The number of benzene rings is 1. The molecular formula is C24H27ClN2O6. The Kier molecular flexibility index (Phi) is 5.76. The minimum atomic E-state index is -0.984. The predicted octanol–water partition coefficient (Wildman–Crippen LogP) is 3.93. The largest absolute Gasteiger partial charge is 0.459 e. The van der Waals surface area contributed by atoms with Crippen molar-refractivity contribution in [3.63, 3.8) is 0 Å². The maximum atomic E-state index is 13.2. The number of fused-ring (bicyclic) bond motifs is 1. The van der Waals surface area contributed by atoms with E-state index in [4.69, 9.17) is 20.8 Å². The number of hydrogen-bond donors (Lipinski definition) is 1. The van der Waals surface area contributed by atoms with Gasteiger partial charge < -0.3 is 14.5 Å². The molecule has 0 radical (unpaired) electrons. The van der Waals surface area contributed by atoms with Crippen LogP contribution in [0.15, 0.2) is 27.4 Å². The van der Waals surface area contributed by atoms with Crippen molar-refractivity contribution in [2.24, 2.45) is 11.3 Å². The maximum absolute atomic E-state index is 13.2.